The molecular formula is C19H24N2O3. The number of benzene rings is 1. The van der Waals surface area contributed by atoms with Crippen LogP contribution < -0.4 is 10.1 Å². The Labute approximate surface area is 142 Å². The Morgan fingerprint density at radius 3 is 2.92 bits per heavy atom. The predicted molar refractivity (Wildman–Crippen MR) is 93.0 cm³/mol. The minimum atomic E-state index is -0.0198. The molecule has 1 aromatic heterocycles. The lowest BCUT2D eigenvalue weighted by Gasteiger charge is -2.35. The third-order valence-corrected chi connectivity index (χ3v) is 4.32. The van der Waals surface area contributed by atoms with Crippen LogP contribution in [0.4, 0.5) is 0 Å². The Hall–Kier alpha value is -2.14. The van der Waals surface area contributed by atoms with E-state index in [9.17, 15) is 4.79 Å². The van der Waals surface area contributed by atoms with Gasteiger partial charge in [-0.3, -0.25) is 4.79 Å². The summed E-state index contributed by atoms with van der Waals surface area (Å²) in [5, 5.41) is 5.02. The smallest absolute Gasteiger partial charge is 0.221 e. The lowest BCUT2D eigenvalue weighted by molar-refractivity contribution is -0.120. The molecule has 0 bridgehead atoms. The lowest BCUT2D eigenvalue weighted by Crippen LogP contribution is -2.40. The molecule has 0 saturated heterocycles. The minimum absolute atomic E-state index is 0.0198. The van der Waals surface area contributed by atoms with Crippen LogP contribution >= 0.6 is 0 Å². The molecule has 1 N–H and O–H groups in total. The van der Waals surface area contributed by atoms with Crippen LogP contribution in [-0.4, -0.2) is 36.3 Å². The van der Waals surface area contributed by atoms with Gasteiger partial charge in [-0.05, 0) is 43.2 Å². The van der Waals surface area contributed by atoms with Crippen molar-refractivity contribution in [2.24, 2.45) is 5.92 Å². The number of carbonyl (C=O) groups is 1. The van der Waals surface area contributed by atoms with Gasteiger partial charge in [-0.25, -0.2) is 4.98 Å². The summed E-state index contributed by atoms with van der Waals surface area (Å²) in [7, 11) is 0. The molecule has 1 atom stereocenters. The molecule has 1 aromatic carbocycles. The van der Waals surface area contributed by atoms with Crippen LogP contribution in [-0.2, 0) is 9.53 Å². The summed E-state index contributed by atoms with van der Waals surface area (Å²) in [4.78, 5) is 15.3. The molecule has 0 aliphatic heterocycles. The van der Waals surface area contributed by atoms with Crippen molar-refractivity contribution in [3.8, 4) is 5.88 Å². The summed E-state index contributed by atoms with van der Waals surface area (Å²) >= 11 is 0. The zero-order valence-electron chi connectivity index (χ0n) is 14.2. The van der Waals surface area contributed by atoms with E-state index >= 15 is 0 Å². The maximum atomic E-state index is 11.0. The highest BCUT2D eigenvalue weighted by Gasteiger charge is 2.31. The third kappa shape index (κ3) is 4.23. The first-order valence-electron chi connectivity index (χ1n) is 8.47. The van der Waals surface area contributed by atoms with Gasteiger partial charge in [0.15, 0.2) is 0 Å². The number of nitrogens with one attached hydrogen (secondary N) is 1. The average Bonchev–Trinajstić information content (AvgIpc) is 2.52. The van der Waals surface area contributed by atoms with Crippen LogP contribution in [0.1, 0.15) is 26.7 Å². The second-order valence-electron chi connectivity index (χ2n) is 6.54. The van der Waals surface area contributed by atoms with E-state index in [1.807, 2.05) is 31.2 Å². The van der Waals surface area contributed by atoms with Crippen molar-refractivity contribution in [2.45, 2.75) is 38.8 Å². The number of amides is 1. The fraction of sp³-hybridized carbons (Fsp3) is 0.474. The van der Waals surface area contributed by atoms with Crippen molar-refractivity contribution < 1.29 is 14.3 Å². The highest BCUT2D eigenvalue weighted by molar-refractivity contribution is 5.86. The molecular weight excluding hydrogens is 304 g/mol. The number of nitrogens with zero attached hydrogens (tertiary/aromatic N) is 1. The fourth-order valence-electron chi connectivity index (χ4n) is 3.02. The van der Waals surface area contributed by atoms with Crippen molar-refractivity contribution in [2.75, 3.05) is 13.2 Å². The molecule has 5 nitrogen and oxygen atoms in total. The Bertz CT molecular complexity index is 693. The topological polar surface area (TPSA) is 60.5 Å². The van der Waals surface area contributed by atoms with Crippen molar-refractivity contribution in [1.29, 1.82) is 0 Å². The largest absolute Gasteiger partial charge is 0.477 e. The van der Waals surface area contributed by atoms with Gasteiger partial charge in [-0.15, -0.1) is 0 Å². The molecule has 1 fully saturated rings. The molecule has 2 aromatic rings. The number of aromatic nitrogens is 1. The Balaban J connectivity index is 1.41. The Morgan fingerprint density at radius 2 is 2.12 bits per heavy atom. The summed E-state index contributed by atoms with van der Waals surface area (Å²) in [5.41, 5.74) is 0. The average molecular weight is 328 g/mol. The molecule has 128 valence electrons. The Morgan fingerprint density at radius 1 is 1.33 bits per heavy atom. The fourth-order valence-corrected chi connectivity index (χ4v) is 3.02. The lowest BCUT2D eigenvalue weighted by atomic mass is 9.83. The van der Waals surface area contributed by atoms with E-state index in [4.69, 9.17) is 9.47 Å². The van der Waals surface area contributed by atoms with E-state index in [1.54, 1.807) is 6.20 Å². The van der Waals surface area contributed by atoms with Gasteiger partial charge in [0.1, 0.15) is 0 Å². The van der Waals surface area contributed by atoms with Gasteiger partial charge in [-0.2, -0.15) is 0 Å². The first-order chi connectivity index (χ1) is 11.6. The number of ether oxygens (including phenoxy) is 2. The molecule has 24 heavy (non-hydrogen) atoms. The SMILES string of the molecule is CC(=O)N[C@@H](C)CO[C@H]1C[C@H](COc2nccc3ccccc23)C1. The standard InChI is InChI=1S/C19H24N2O3/c1-13(21-14(2)22)11-23-17-9-15(10-17)12-24-19-18-6-4-3-5-16(18)7-8-20-19/h3-8,13,15,17H,9-12H2,1-2H3,(H,21,22)/t13-,15-,17-/m0/s1. The number of fused-ring (bicyclic) bond motifs is 1. The quantitative estimate of drug-likeness (QED) is 0.849. The molecule has 5 heteroatoms. The van der Waals surface area contributed by atoms with Gasteiger partial charge in [-0.1, -0.05) is 18.2 Å². The summed E-state index contributed by atoms with van der Waals surface area (Å²) in [6.45, 7) is 4.70. The second-order valence-corrected chi connectivity index (χ2v) is 6.54. The number of hydrogen-bond acceptors (Lipinski definition) is 4. The molecule has 0 radical (unpaired) electrons. The van der Waals surface area contributed by atoms with Crippen LogP contribution in [0.25, 0.3) is 10.8 Å². The van der Waals surface area contributed by atoms with Gasteiger partial charge in [0.05, 0.1) is 19.3 Å². The highest BCUT2D eigenvalue weighted by Crippen LogP contribution is 2.31. The number of hydrogen-bond donors (Lipinski definition) is 1. The number of pyridine rings is 1. The zero-order valence-corrected chi connectivity index (χ0v) is 14.2. The van der Waals surface area contributed by atoms with Crippen LogP contribution in [0.5, 0.6) is 5.88 Å². The van der Waals surface area contributed by atoms with Gasteiger partial charge < -0.3 is 14.8 Å². The number of carbonyl (C=O) groups excluding carboxylic acids is 1. The molecule has 0 unspecified atom stereocenters. The van der Waals surface area contributed by atoms with Crippen LogP contribution in [0.3, 0.4) is 0 Å². The van der Waals surface area contributed by atoms with Gasteiger partial charge in [0.25, 0.3) is 0 Å². The van der Waals surface area contributed by atoms with Crippen LogP contribution in [0.15, 0.2) is 36.5 Å². The van der Waals surface area contributed by atoms with E-state index in [2.05, 4.69) is 16.4 Å². The molecule has 0 spiro atoms. The van der Waals surface area contributed by atoms with Crippen molar-refractivity contribution in [1.82, 2.24) is 10.3 Å². The normalized spacial score (nSPS) is 21.1. The van der Waals surface area contributed by atoms with E-state index in [1.165, 1.54) is 6.92 Å². The number of rotatable bonds is 7. The molecule has 1 amide bonds. The molecule has 1 aliphatic rings. The van der Waals surface area contributed by atoms with E-state index in [0.717, 1.165) is 23.6 Å². The van der Waals surface area contributed by atoms with Crippen molar-refractivity contribution >= 4 is 16.7 Å². The van der Waals surface area contributed by atoms with Crippen molar-refractivity contribution in [3.05, 3.63) is 36.5 Å². The van der Waals surface area contributed by atoms with Crippen LogP contribution in [0.2, 0.25) is 0 Å². The maximum absolute atomic E-state index is 11.0. The maximum Gasteiger partial charge on any atom is 0.221 e. The zero-order chi connectivity index (χ0) is 16.9. The van der Waals surface area contributed by atoms with Crippen molar-refractivity contribution in [3.63, 3.8) is 0 Å². The monoisotopic (exact) mass is 328 g/mol. The summed E-state index contributed by atoms with van der Waals surface area (Å²) < 4.78 is 11.7. The van der Waals surface area contributed by atoms with E-state index in [0.29, 0.717) is 25.0 Å². The molecule has 3 rings (SSSR count). The second kappa shape index (κ2) is 7.62. The summed E-state index contributed by atoms with van der Waals surface area (Å²) in [6.07, 6.45) is 4.05. The Kier molecular flexibility index (Phi) is 5.30. The van der Waals surface area contributed by atoms with Gasteiger partial charge >= 0.3 is 0 Å². The third-order valence-electron chi connectivity index (χ3n) is 4.32. The predicted octanol–water partition coefficient (Wildman–Crippen LogP) is 2.93. The van der Waals surface area contributed by atoms with Crippen LogP contribution in [0, 0.1) is 5.92 Å². The van der Waals surface area contributed by atoms with Gasteiger partial charge in [0.2, 0.25) is 11.8 Å². The van der Waals surface area contributed by atoms with E-state index in [-0.39, 0.29) is 18.1 Å². The molecule has 1 saturated carbocycles. The first kappa shape index (κ1) is 16.7. The summed E-state index contributed by atoms with van der Waals surface area (Å²) in [6, 6.07) is 10.2. The molecule has 1 aliphatic carbocycles. The van der Waals surface area contributed by atoms with Gasteiger partial charge in [0, 0.05) is 24.5 Å². The van der Waals surface area contributed by atoms with E-state index < -0.39 is 0 Å². The highest BCUT2D eigenvalue weighted by atomic mass is 16.5. The summed E-state index contributed by atoms with van der Waals surface area (Å²) in [5.74, 6) is 1.19. The molecule has 1 heterocycles. The first-order valence-corrected chi connectivity index (χ1v) is 8.47. The minimum Gasteiger partial charge on any atom is -0.477 e.